The molecule has 0 heterocycles. The highest BCUT2D eigenvalue weighted by Gasteiger charge is 2.43. The molecule has 0 atom stereocenters. The molecule has 9 rings (SSSR count). The lowest BCUT2D eigenvalue weighted by Gasteiger charge is -2.44. The smallest absolute Gasteiger partial charge is 0.122 e. The molecule has 5 saturated carbocycles. The molecule has 0 radical (unpaired) electrons. The van der Waals surface area contributed by atoms with Gasteiger partial charge in [0.25, 0.3) is 0 Å². The molecule has 4 nitrogen and oxygen atoms in total. The number of phenols is 4. The predicted octanol–water partition coefficient (Wildman–Crippen LogP) is 15.7. The Bertz CT molecular complexity index is 2030. The van der Waals surface area contributed by atoms with Crippen LogP contribution in [0.1, 0.15) is 251 Å². The van der Waals surface area contributed by atoms with Crippen molar-refractivity contribution in [1.29, 1.82) is 0 Å². The van der Waals surface area contributed by atoms with Gasteiger partial charge in [0, 0.05) is 29.4 Å². The van der Waals surface area contributed by atoms with Crippen LogP contribution in [0.15, 0.2) is 48.5 Å². The third-order valence-corrected chi connectivity index (χ3v) is 17.2. The second kappa shape index (κ2) is 19.0. The zero-order chi connectivity index (χ0) is 42.8. The van der Waals surface area contributed by atoms with E-state index in [0.29, 0.717) is 59.5 Å². The van der Waals surface area contributed by atoms with Crippen molar-refractivity contribution in [3.8, 4) is 23.0 Å². The van der Waals surface area contributed by atoms with E-state index < -0.39 is 0 Å². The van der Waals surface area contributed by atoms with Crippen LogP contribution in [0.4, 0.5) is 0 Å². The lowest BCUT2D eigenvalue weighted by molar-refractivity contribution is 0.324. The Kier molecular flexibility index (Phi) is 13.3. The third kappa shape index (κ3) is 8.67. The van der Waals surface area contributed by atoms with Crippen molar-refractivity contribution >= 4 is 0 Å². The highest BCUT2D eigenvalue weighted by atomic mass is 16.3. The predicted molar refractivity (Wildman–Crippen MR) is 255 cm³/mol. The first kappa shape index (κ1) is 43.3. The molecule has 0 saturated heterocycles. The minimum absolute atomic E-state index is 0.283. The zero-order valence-electron chi connectivity index (χ0n) is 38.3. The van der Waals surface area contributed by atoms with Gasteiger partial charge >= 0.3 is 0 Å². The number of hydrogen-bond donors (Lipinski definition) is 4. The van der Waals surface area contributed by atoms with Crippen LogP contribution in [0.5, 0.6) is 23.0 Å². The summed E-state index contributed by atoms with van der Waals surface area (Å²) in [6, 6.07) is 17.9. The summed E-state index contributed by atoms with van der Waals surface area (Å²) >= 11 is 0. The van der Waals surface area contributed by atoms with Crippen LogP contribution in [0, 0.1) is 13.8 Å². The van der Waals surface area contributed by atoms with Crippen molar-refractivity contribution in [2.75, 3.05) is 0 Å². The van der Waals surface area contributed by atoms with Crippen LogP contribution in [-0.2, 0) is 18.3 Å². The first-order valence-corrected chi connectivity index (χ1v) is 25.6. The molecule has 0 amide bonds. The van der Waals surface area contributed by atoms with E-state index >= 15 is 0 Å². The fourth-order valence-corrected chi connectivity index (χ4v) is 13.7. The minimum atomic E-state index is -0.283. The van der Waals surface area contributed by atoms with E-state index in [1.54, 1.807) is 0 Å². The summed E-state index contributed by atoms with van der Waals surface area (Å²) in [5.41, 5.74) is 13.6. The summed E-state index contributed by atoms with van der Waals surface area (Å²) in [6.07, 6.45) is 30.7. The van der Waals surface area contributed by atoms with Crippen LogP contribution < -0.4 is 0 Å². The van der Waals surface area contributed by atoms with Crippen molar-refractivity contribution in [1.82, 2.24) is 0 Å². The fraction of sp³-hybridized carbons (Fsp3) is 0.586. The molecule has 4 heteroatoms. The van der Waals surface area contributed by atoms with Gasteiger partial charge in [0.05, 0.1) is 0 Å². The van der Waals surface area contributed by atoms with Crippen LogP contribution in [0.2, 0.25) is 0 Å². The van der Waals surface area contributed by atoms with Crippen LogP contribution in [0.3, 0.4) is 0 Å². The van der Waals surface area contributed by atoms with Gasteiger partial charge < -0.3 is 20.4 Å². The Hall–Kier alpha value is -3.92. The lowest BCUT2D eigenvalue weighted by Crippen LogP contribution is -2.34. The summed E-state index contributed by atoms with van der Waals surface area (Å²) < 4.78 is 0. The summed E-state index contributed by atoms with van der Waals surface area (Å²) in [5.74, 6) is 3.33. The Morgan fingerprint density at radius 3 is 1.11 bits per heavy atom. The number of phenolic OH excluding ortho intramolecular Hbond substituents is 4. The molecule has 5 aliphatic rings. The monoisotopic (exact) mass is 837 g/mol. The highest BCUT2D eigenvalue weighted by Crippen LogP contribution is 2.56. The molecule has 4 aromatic carbocycles. The summed E-state index contributed by atoms with van der Waals surface area (Å²) in [7, 11) is 0. The summed E-state index contributed by atoms with van der Waals surface area (Å²) in [4.78, 5) is 0. The maximum Gasteiger partial charge on any atom is 0.122 e. The quantitative estimate of drug-likeness (QED) is 0.128. The van der Waals surface area contributed by atoms with Gasteiger partial charge in [0.2, 0.25) is 0 Å². The van der Waals surface area contributed by atoms with Gasteiger partial charge in [0.15, 0.2) is 0 Å². The molecule has 5 aliphatic carbocycles. The molecule has 62 heavy (non-hydrogen) atoms. The summed E-state index contributed by atoms with van der Waals surface area (Å²) in [5, 5.41) is 48.0. The third-order valence-electron chi connectivity index (χ3n) is 17.2. The van der Waals surface area contributed by atoms with E-state index in [1.165, 1.54) is 117 Å². The first-order chi connectivity index (χ1) is 30.2. The Morgan fingerprint density at radius 2 is 0.742 bits per heavy atom. The normalized spacial score (nSPS) is 21.0. The topological polar surface area (TPSA) is 80.9 Å². The standard InChI is InChI=1S/C58H76O4/c1-38-32-52(59)48(40-18-8-3-9-19-40)36-46(38)34-44-26-28-50(54(56(44)61)42-22-12-5-13-23-42)58(30-16-7-17-31-58)51-29-27-45(57(62)55(51)43-24-14-6-15-25-43)35-47-37-49(53(60)33-39(47)2)41-20-10-4-11-21-41/h26-29,32-33,36-37,40-43,59-62H,3-25,30-31,34-35H2,1-2H3. The molecule has 4 aromatic rings. The number of rotatable bonds is 10. The van der Waals surface area contributed by atoms with E-state index in [-0.39, 0.29) is 5.41 Å². The summed E-state index contributed by atoms with van der Waals surface area (Å²) in [6.45, 7) is 4.23. The van der Waals surface area contributed by atoms with Gasteiger partial charge in [-0.1, -0.05) is 133 Å². The van der Waals surface area contributed by atoms with Crippen LogP contribution in [0.25, 0.3) is 0 Å². The SMILES string of the molecule is Cc1cc(O)c(C2CCCCC2)cc1Cc1ccc(C2(c3ccc(Cc4cc(C5CCCCC5)c(O)cc4C)c(O)c3C3CCCCC3)CCCCC2)c(C2CCCCC2)c1O. The molecular weight excluding hydrogens is 761 g/mol. The maximum atomic E-state index is 12.9. The number of aromatic hydroxyl groups is 4. The number of benzene rings is 4. The fourth-order valence-electron chi connectivity index (χ4n) is 13.7. The minimum Gasteiger partial charge on any atom is -0.508 e. The average Bonchev–Trinajstić information content (AvgIpc) is 3.30. The second-order valence-corrected chi connectivity index (χ2v) is 21.1. The van der Waals surface area contributed by atoms with E-state index in [2.05, 4.69) is 50.2 Å². The van der Waals surface area contributed by atoms with Crippen molar-refractivity contribution < 1.29 is 20.4 Å². The molecule has 0 aromatic heterocycles. The van der Waals surface area contributed by atoms with Gasteiger partial charge in [-0.05, 0) is 169 Å². The second-order valence-electron chi connectivity index (χ2n) is 21.1. The van der Waals surface area contributed by atoms with E-state index in [4.69, 9.17) is 0 Å². The lowest BCUT2D eigenvalue weighted by atomic mass is 9.60. The van der Waals surface area contributed by atoms with Gasteiger partial charge in [-0.15, -0.1) is 0 Å². The highest BCUT2D eigenvalue weighted by molar-refractivity contribution is 5.61. The van der Waals surface area contributed by atoms with Crippen molar-refractivity contribution in [2.24, 2.45) is 0 Å². The molecule has 332 valence electrons. The van der Waals surface area contributed by atoms with E-state index in [0.717, 1.165) is 110 Å². The molecule has 0 aliphatic heterocycles. The van der Waals surface area contributed by atoms with E-state index in [1.807, 2.05) is 12.1 Å². The van der Waals surface area contributed by atoms with Crippen molar-refractivity contribution in [3.63, 3.8) is 0 Å². The largest absolute Gasteiger partial charge is 0.508 e. The van der Waals surface area contributed by atoms with Crippen molar-refractivity contribution in [3.05, 3.63) is 115 Å². The van der Waals surface area contributed by atoms with Gasteiger partial charge in [-0.2, -0.15) is 0 Å². The average molecular weight is 837 g/mol. The molecule has 0 spiro atoms. The number of hydrogen-bond acceptors (Lipinski definition) is 4. The van der Waals surface area contributed by atoms with Gasteiger partial charge in [0.1, 0.15) is 23.0 Å². The first-order valence-electron chi connectivity index (χ1n) is 25.6. The zero-order valence-corrected chi connectivity index (χ0v) is 38.3. The van der Waals surface area contributed by atoms with Crippen molar-refractivity contribution in [2.45, 2.75) is 216 Å². The Balaban J connectivity index is 1.15. The van der Waals surface area contributed by atoms with Crippen LogP contribution in [-0.4, -0.2) is 20.4 Å². The van der Waals surface area contributed by atoms with Gasteiger partial charge in [-0.25, -0.2) is 0 Å². The number of aryl methyl sites for hydroxylation is 2. The molecule has 0 bridgehead atoms. The van der Waals surface area contributed by atoms with Crippen LogP contribution >= 0.6 is 0 Å². The van der Waals surface area contributed by atoms with E-state index in [9.17, 15) is 20.4 Å². The molecular formula is C58H76O4. The van der Waals surface area contributed by atoms with Gasteiger partial charge in [-0.3, -0.25) is 0 Å². The Labute approximate surface area is 373 Å². The maximum absolute atomic E-state index is 12.9. The molecule has 5 fully saturated rings. The molecule has 0 unspecified atom stereocenters. The molecule has 4 N–H and O–H groups in total. The Morgan fingerprint density at radius 1 is 0.403 bits per heavy atom.